The second-order valence-electron chi connectivity index (χ2n) is 5.95. The molecule has 0 aromatic heterocycles. The highest BCUT2D eigenvalue weighted by Gasteiger charge is 2.29. The first-order valence-corrected chi connectivity index (χ1v) is 8.45. The van der Waals surface area contributed by atoms with Crippen molar-refractivity contribution >= 4 is 17.7 Å². The molecule has 0 bridgehead atoms. The molecule has 18 heavy (non-hydrogen) atoms. The van der Waals surface area contributed by atoms with E-state index in [2.05, 4.69) is 10.6 Å². The minimum atomic E-state index is 0.229. The zero-order valence-electron chi connectivity index (χ0n) is 11.6. The van der Waals surface area contributed by atoms with E-state index >= 15 is 0 Å². The molecule has 0 unspecified atom stereocenters. The lowest BCUT2D eigenvalue weighted by Gasteiger charge is -2.31. The molecule has 0 spiro atoms. The molecule has 0 radical (unpaired) electrons. The van der Waals surface area contributed by atoms with Crippen molar-refractivity contribution in [1.82, 2.24) is 10.6 Å². The fourth-order valence-corrected chi connectivity index (χ4v) is 4.15. The van der Waals surface area contributed by atoms with Gasteiger partial charge in [0, 0.05) is 29.8 Å². The van der Waals surface area contributed by atoms with Crippen LogP contribution in [0.15, 0.2) is 0 Å². The van der Waals surface area contributed by atoms with Crippen molar-refractivity contribution in [3.63, 3.8) is 0 Å². The van der Waals surface area contributed by atoms with E-state index in [0.29, 0.717) is 12.1 Å². The Morgan fingerprint density at radius 1 is 1.22 bits per heavy atom. The van der Waals surface area contributed by atoms with Crippen LogP contribution in [0.5, 0.6) is 0 Å². The third kappa shape index (κ3) is 4.16. The molecular weight excluding hydrogens is 244 g/mol. The zero-order valence-corrected chi connectivity index (χ0v) is 12.4. The Balaban J connectivity index is 1.78. The molecule has 1 amide bonds. The van der Waals surface area contributed by atoms with Gasteiger partial charge in [-0.15, -0.1) is 0 Å². The van der Waals surface area contributed by atoms with Crippen LogP contribution in [0.2, 0.25) is 0 Å². The molecule has 2 fully saturated rings. The molecule has 0 aromatic carbocycles. The number of rotatable bonds is 4. The number of carbonyl (C=O) groups excluding carboxylic acids is 1. The van der Waals surface area contributed by atoms with Crippen molar-refractivity contribution in [3.05, 3.63) is 0 Å². The van der Waals surface area contributed by atoms with E-state index in [-0.39, 0.29) is 17.9 Å². The van der Waals surface area contributed by atoms with Gasteiger partial charge in [-0.25, -0.2) is 0 Å². The van der Waals surface area contributed by atoms with Gasteiger partial charge in [-0.3, -0.25) is 4.79 Å². The van der Waals surface area contributed by atoms with E-state index in [9.17, 15) is 4.79 Å². The average Bonchev–Trinajstić information content (AvgIpc) is 2.81. The Kier molecular flexibility index (Phi) is 5.37. The molecular formula is C14H26N2OS. The van der Waals surface area contributed by atoms with Gasteiger partial charge in [0.15, 0.2) is 0 Å². The number of nitrogens with one attached hydrogen (secondary N) is 2. The largest absolute Gasteiger partial charge is 0.354 e. The maximum atomic E-state index is 12.0. The van der Waals surface area contributed by atoms with Crippen LogP contribution < -0.4 is 10.6 Å². The summed E-state index contributed by atoms with van der Waals surface area (Å²) in [6.07, 6.45) is 5.82. The molecule has 2 N–H and O–H groups in total. The molecule has 104 valence electrons. The van der Waals surface area contributed by atoms with Crippen LogP contribution in [0.4, 0.5) is 0 Å². The summed E-state index contributed by atoms with van der Waals surface area (Å²) in [6, 6.07) is 1.51. The van der Waals surface area contributed by atoms with E-state index in [1.807, 2.05) is 25.6 Å². The van der Waals surface area contributed by atoms with E-state index < -0.39 is 0 Å². The summed E-state index contributed by atoms with van der Waals surface area (Å²) in [7, 11) is 0. The fraction of sp³-hybridized carbons (Fsp3) is 0.929. The van der Waals surface area contributed by atoms with E-state index in [1.165, 1.54) is 30.8 Å². The normalized spacial score (nSPS) is 32.7. The molecule has 1 heterocycles. The highest BCUT2D eigenvalue weighted by molar-refractivity contribution is 7.99. The number of thioether (sulfide) groups is 1. The number of hydrogen-bond acceptors (Lipinski definition) is 3. The molecule has 3 atom stereocenters. The molecule has 2 aliphatic rings. The van der Waals surface area contributed by atoms with Crippen LogP contribution in [0.3, 0.4) is 0 Å². The number of hydrogen-bond donors (Lipinski definition) is 2. The van der Waals surface area contributed by atoms with Crippen LogP contribution in [-0.2, 0) is 4.79 Å². The second kappa shape index (κ2) is 6.80. The third-order valence-electron chi connectivity index (χ3n) is 3.88. The van der Waals surface area contributed by atoms with Crippen LogP contribution in [0.1, 0.15) is 46.0 Å². The van der Waals surface area contributed by atoms with Crippen LogP contribution in [0.25, 0.3) is 0 Å². The van der Waals surface area contributed by atoms with Crippen LogP contribution in [0, 0.1) is 5.92 Å². The number of carbonyl (C=O) groups is 1. The lowest BCUT2D eigenvalue weighted by molar-refractivity contribution is -0.126. The zero-order chi connectivity index (χ0) is 13.0. The predicted octanol–water partition coefficient (Wildman–Crippen LogP) is 2.16. The molecule has 1 saturated carbocycles. The van der Waals surface area contributed by atoms with Gasteiger partial charge in [0.2, 0.25) is 5.91 Å². The van der Waals surface area contributed by atoms with E-state index in [4.69, 9.17) is 0 Å². The van der Waals surface area contributed by atoms with Crippen molar-refractivity contribution in [2.75, 3.05) is 11.5 Å². The van der Waals surface area contributed by atoms with E-state index in [0.717, 1.165) is 12.8 Å². The summed E-state index contributed by atoms with van der Waals surface area (Å²) < 4.78 is 0. The van der Waals surface area contributed by atoms with Crippen molar-refractivity contribution in [2.24, 2.45) is 5.92 Å². The molecule has 1 aliphatic carbocycles. The first-order valence-electron chi connectivity index (χ1n) is 7.29. The average molecular weight is 270 g/mol. The topological polar surface area (TPSA) is 41.1 Å². The van der Waals surface area contributed by atoms with Crippen LogP contribution in [-0.4, -0.2) is 35.5 Å². The summed E-state index contributed by atoms with van der Waals surface area (Å²) in [6.45, 7) is 4.07. The Bertz CT molecular complexity index is 277. The van der Waals surface area contributed by atoms with Crippen molar-refractivity contribution in [3.8, 4) is 0 Å². The molecule has 3 nitrogen and oxygen atoms in total. The summed E-state index contributed by atoms with van der Waals surface area (Å²) in [5.41, 5.74) is 0. The SMILES string of the molecule is CC(C)NC(=O)[C@@H]1CCC[C@H](N[C@@H]2CCSC2)C1. The standard InChI is InChI=1S/C14H26N2OS/c1-10(2)15-14(17)11-4-3-5-12(8-11)16-13-6-7-18-9-13/h10-13,16H,3-9H2,1-2H3,(H,15,17)/t11-,12+,13-/m1/s1. The fourth-order valence-electron chi connectivity index (χ4n) is 2.98. The van der Waals surface area contributed by atoms with Gasteiger partial charge in [0.25, 0.3) is 0 Å². The molecule has 4 heteroatoms. The Labute approximate surface area is 115 Å². The minimum Gasteiger partial charge on any atom is -0.354 e. The van der Waals surface area contributed by atoms with Crippen molar-refractivity contribution in [2.45, 2.75) is 64.1 Å². The molecule has 0 aromatic rings. The van der Waals surface area contributed by atoms with Crippen molar-refractivity contribution < 1.29 is 4.79 Å². The van der Waals surface area contributed by atoms with Gasteiger partial charge in [0.05, 0.1) is 0 Å². The van der Waals surface area contributed by atoms with Gasteiger partial charge in [-0.1, -0.05) is 6.42 Å². The second-order valence-corrected chi connectivity index (χ2v) is 7.10. The maximum absolute atomic E-state index is 12.0. The Morgan fingerprint density at radius 3 is 2.72 bits per heavy atom. The summed E-state index contributed by atoms with van der Waals surface area (Å²) in [5, 5.41) is 6.81. The van der Waals surface area contributed by atoms with Gasteiger partial charge in [-0.2, -0.15) is 11.8 Å². The van der Waals surface area contributed by atoms with Gasteiger partial charge in [-0.05, 0) is 45.3 Å². The smallest absolute Gasteiger partial charge is 0.223 e. The van der Waals surface area contributed by atoms with Crippen molar-refractivity contribution in [1.29, 1.82) is 0 Å². The summed E-state index contributed by atoms with van der Waals surface area (Å²) >= 11 is 2.04. The number of amides is 1. The quantitative estimate of drug-likeness (QED) is 0.822. The van der Waals surface area contributed by atoms with Gasteiger partial charge in [0.1, 0.15) is 0 Å². The molecule has 2 rings (SSSR count). The third-order valence-corrected chi connectivity index (χ3v) is 5.04. The van der Waals surface area contributed by atoms with Crippen LogP contribution >= 0.6 is 11.8 Å². The lowest BCUT2D eigenvalue weighted by Crippen LogP contribution is -2.45. The minimum absolute atomic E-state index is 0.229. The first kappa shape index (κ1) is 14.2. The van der Waals surface area contributed by atoms with E-state index in [1.54, 1.807) is 0 Å². The van der Waals surface area contributed by atoms with Gasteiger partial charge < -0.3 is 10.6 Å². The Morgan fingerprint density at radius 2 is 2.06 bits per heavy atom. The highest BCUT2D eigenvalue weighted by atomic mass is 32.2. The molecule has 1 aliphatic heterocycles. The monoisotopic (exact) mass is 270 g/mol. The summed E-state index contributed by atoms with van der Waals surface area (Å²) in [5.74, 6) is 3.03. The Hall–Kier alpha value is -0.220. The lowest BCUT2D eigenvalue weighted by atomic mass is 9.84. The highest BCUT2D eigenvalue weighted by Crippen LogP contribution is 2.26. The maximum Gasteiger partial charge on any atom is 0.223 e. The predicted molar refractivity (Wildman–Crippen MR) is 77.9 cm³/mol. The molecule has 1 saturated heterocycles. The first-order chi connectivity index (χ1) is 8.65. The van der Waals surface area contributed by atoms with Gasteiger partial charge >= 0.3 is 0 Å². The summed E-state index contributed by atoms with van der Waals surface area (Å²) in [4.78, 5) is 12.0.